The normalized spacial score (nSPS) is 14.8. The molecule has 5 atom stereocenters. The summed E-state index contributed by atoms with van der Waals surface area (Å²) in [5, 5.41) is 20.6. The van der Waals surface area contributed by atoms with E-state index in [4.69, 9.17) is 32.3 Å². The predicted molar refractivity (Wildman–Crippen MR) is 408 cm³/mol. The number of rotatable bonds is 72. The summed E-state index contributed by atoms with van der Waals surface area (Å²) in [7, 11) is -9.80. The monoisotopic (exact) mass is 1430 g/mol. The van der Waals surface area contributed by atoms with Crippen LogP contribution in [0.15, 0.2) is 134 Å². The molecule has 0 fully saturated rings. The topological polar surface area (TPSA) is 231 Å². The highest BCUT2D eigenvalue weighted by atomic mass is 31.2. The van der Waals surface area contributed by atoms with Gasteiger partial charge in [-0.15, -0.1) is 0 Å². The minimum atomic E-state index is -4.94. The Balaban J connectivity index is 4.47. The fourth-order valence-corrected chi connectivity index (χ4v) is 11.6. The van der Waals surface area contributed by atoms with Crippen LogP contribution in [0.5, 0.6) is 0 Å². The Morgan fingerprint density at radius 1 is 0.293 bits per heavy atom. The number of carbonyl (C=O) groups is 3. The summed E-state index contributed by atoms with van der Waals surface area (Å²) in [6.45, 7) is 2.39. The van der Waals surface area contributed by atoms with Crippen LogP contribution in [0.25, 0.3) is 0 Å². The van der Waals surface area contributed by atoms with Gasteiger partial charge in [0.15, 0.2) is 6.10 Å². The van der Waals surface area contributed by atoms with Gasteiger partial charge in [0.2, 0.25) is 0 Å². The zero-order valence-electron chi connectivity index (χ0n) is 61.9. The number of hydrogen-bond acceptors (Lipinski definition) is 14. The van der Waals surface area contributed by atoms with Gasteiger partial charge in [0, 0.05) is 19.3 Å². The number of unbranched alkanes of at least 4 members (excludes halogenated alkanes) is 27. The van der Waals surface area contributed by atoms with Gasteiger partial charge in [0.25, 0.3) is 0 Å². The van der Waals surface area contributed by atoms with E-state index < -0.39 is 91.5 Å². The molecule has 0 spiro atoms. The van der Waals surface area contributed by atoms with Crippen molar-refractivity contribution in [2.75, 3.05) is 39.6 Å². The molecule has 0 rings (SSSR count). The third-order valence-corrected chi connectivity index (χ3v) is 17.7. The van der Waals surface area contributed by atoms with Gasteiger partial charge in [-0.25, -0.2) is 9.13 Å². The molecule has 0 saturated heterocycles. The van der Waals surface area contributed by atoms with Gasteiger partial charge in [0.1, 0.15) is 25.4 Å². The van der Waals surface area contributed by atoms with Crippen LogP contribution >= 0.6 is 15.6 Å². The number of hydrogen-bond donors (Lipinski definition) is 4. The van der Waals surface area contributed by atoms with E-state index in [1.54, 1.807) is 0 Å². The van der Waals surface area contributed by atoms with Crippen LogP contribution in [0.2, 0.25) is 0 Å². The van der Waals surface area contributed by atoms with E-state index in [1.165, 1.54) is 103 Å². The molecule has 18 heteroatoms. The average molecular weight is 1430 g/mol. The summed E-state index contributed by atoms with van der Waals surface area (Å²) in [4.78, 5) is 58.5. The zero-order valence-corrected chi connectivity index (χ0v) is 63.7. The summed E-state index contributed by atoms with van der Waals surface area (Å²) in [6, 6.07) is 0. The molecule has 568 valence electrons. The van der Waals surface area contributed by atoms with Crippen LogP contribution in [-0.2, 0) is 55.8 Å². The molecule has 0 bridgehead atoms. The van der Waals surface area contributed by atoms with Gasteiger partial charge in [-0.05, 0) is 135 Å². The number of esters is 3. The maximum Gasteiger partial charge on any atom is 0.472 e. The van der Waals surface area contributed by atoms with Crippen LogP contribution in [0.3, 0.4) is 0 Å². The number of aliphatic hydroxyl groups excluding tert-OH is 2. The highest BCUT2D eigenvalue weighted by Crippen LogP contribution is 2.45. The number of carbonyl (C=O) groups excluding carboxylic acids is 3. The Morgan fingerprint density at radius 2 is 0.535 bits per heavy atom. The van der Waals surface area contributed by atoms with E-state index in [0.717, 1.165) is 141 Å². The molecular weight excluding hydrogens is 1290 g/mol. The van der Waals surface area contributed by atoms with Crippen LogP contribution < -0.4 is 0 Å². The molecule has 0 amide bonds. The van der Waals surface area contributed by atoms with Gasteiger partial charge >= 0.3 is 33.6 Å². The fourth-order valence-electron chi connectivity index (χ4n) is 10.0. The molecule has 0 aromatic rings. The van der Waals surface area contributed by atoms with Crippen LogP contribution in [0.1, 0.15) is 303 Å². The Morgan fingerprint density at radius 3 is 0.869 bits per heavy atom. The second kappa shape index (κ2) is 73.4. The summed E-state index contributed by atoms with van der Waals surface area (Å²) >= 11 is 0. The lowest BCUT2D eigenvalue weighted by molar-refractivity contribution is -0.161. The third kappa shape index (κ3) is 74.7. The first kappa shape index (κ1) is 94.7. The lowest BCUT2D eigenvalue weighted by atomic mass is 10.0. The van der Waals surface area contributed by atoms with Crippen molar-refractivity contribution in [3.8, 4) is 0 Å². The average Bonchev–Trinajstić information content (AvgIpc) is 1.02. The Kier molecular flexibility index (Phi) is 70.2. The van der Waals surface area contributed by atoms with Crippen LogP contribution in [0.4, 0.5) is 0 Å². The van der Waals surface area contributed by atoms with Crippen molar-refractivity contribution in [1.29, 1.82) is 0 Å². The summed E-state index contributed by atoms with van der Waals surface area (Å²) in [6.07, 6.45) is 88.0. The highest BCUT2D eigenvalue weighted by molar-refractivity contribution is 7.47. The second-order valence-corrected chi connectivity index (χ2v) is 28.3. The summed E-state index contributed by atoms with van der Waals surface area (Å²) < 4.78 is 61.0. The van der Waals surface area contributed by atoms with Crippen LogP contribution in [0, 0.1) is 0 Å². The molecule has 0 saturated carbocycles. The Labute approximate surface area is 601 Å². The number of aliphatic hydroxyl groups is 2. The van der Waals surface area contributed by atoms with Crippen molar-refractivity contribution in [3.63, 3.8) is 0 Å². The van der Waals surface area contributed by atoms with Crippen molar-refractivity contribution in [2.45, 2.75) is 322 Å². The minimum Gasteiger partial charge on any atom is -0.463 e. The predicted octanol–water partition coefficient (Wildman–Crippen LogP) is 22.3. The molecule has 99 heavy (non-hydrogen) atoms. The second-order valence-electron chi connectivity index (χ2n) is 25.4. The minimum absolute atomic E-state index is 0.0847. The molecule has 0 heterocycles. The number of phosphoric ester groups is 2. The van der Waals surface area contributed by atoms with E-state index in [9.17, 15) is 43.5 Å². The first-order chi connectivity index (χ1) is 48.2. The smallest absolute Gasteiger partial charge is 0.463 e. The molecule has 0 aromatic carbocycles. The van der Waals surface area contributed by atoms with Crippen LogP contribution in [-0.4, -0.2) is 95.9 Å². The standard InChI is InChI=1S/C81H138O16P2/c1-4-7-10-13-16-19-22-25-27-29-31-32-33-34-35-36-37-38-39-40-41-42-44-46-47-50-52-55-58-61-64-67-79(84)91-70-76(82)71-93-98(87,88)94-72-77(83)73-95-99(89,90)96-75-78(97-81(86)69-66-63-60-57-54-49-24-21-18-15-12-9-6-3)74-92-80(85)68-65-62-59-56-53-51-48-45-43-30-28-26-23-20-17-14-11-8-5-2/h7-8,10-11,16-17,19-21,24-28,31-32,34-35,43,45,51,53,76-78,82-83H,4-6,9,12-15,18,22-23,29-30,33,36-42,44,46-50,52,54-75H2,1-3H3,(H,87,88)(H,89,90)/b10-7-,11-8-,19-16-,20-17-,24-21-,27-25-,28-26-,32-31-,35-34-,45-43-,53-51-. The third-order valence-electron chi connectivity index (χ3n) is 15.8. The van der Waals surface area contributed by atoms with E-state index >= 15 is 0 Å². The largest absolute Gasteiger partial charge is 0.472 e. The Hall–Kier alpha value is -4.31. The maximum atomic E-state index is 12.9. The van der Waals surface area contributed by atoms with Gasteiger partial charge in [-0.2, -0.15) is 0 Å². The highest BCUT2D eigenvalue weighted by Gasteiger charge is 2.29. The summed E-state index contributed by atoms with van der Waals surface area (Å²) in [5.74, 6) is -1.62. The number of ether oxygens (including phenoxy) is 3. The number of allylic oxidation sites excluding steroid dienone is 22. The van der Waals surface area contributed by atoms with Crippen molar-refractivity contribution < 1.29 is 75.8 Å². The lowest BCUT2D eigenvalue weighted by Crippen LogP contribution is -2.30. The Bertz CT molecular complexity index is 2330. The van der Waals surface area contributed by atoms with Gasteiger partial charge in [-0.1, -0.05) is 283 Å². The molecular formula is C81H138O16P2. The fraction of sp³-hybridized carbons (Fsp3) is 0.691. The van der Waals surface area contributed by atoms with Crippen molar-refractivity contribution >= 4 is 33.6 Å². The number of phosphoric acid groups is 2. The van der Waals surface area contributed by atoms with E-state index in [0.29, 0.717) is 19.3 Å². The van der Waals surface area contributed by atoms with Gasteiger partial charge in [-0.3, -0.25) is 32.5 Å². The molecule has 4 N–H and O–H groups in total. The van der Waals surface area contributed by atoms with Crippen molar-refractivity contribution in [1.82, 2.24) is 0 Å². The molecule has 0 aliphatic carbocycles. The molecule has 0 aliphatic rings. The molecule has 16 nitrogen and oxygen atoms in total. The molecule has 5 unspecified atom stereocenters. The lowest BCUT2D eigenvalue weighted by Gasteiger charge is -2.21. The summed E-state index contributed by atoms with van der Waals surface area (Å²) in [5.41, 5.74) is 0. The van der Waals surface area contributed by atoms with Crippen molar-refractivity contribution in [2.24, 2.45) is 0 Å². The molecule has 0 aliphatic heterocycles. The quantitative estimate of drug-likeness (QED) is 0.0146. The van der Waals surface area contributed by atoms with E-state index in [1.807, 2.05) is 0 Å². The van der Waals surface area contributed by atoms with Crippen molar-refractivity contribution in [3.05, 3.63) is 134 Å². The van der Waals surface area contributed by atoms with Gasteiger partial charge < -0.3 is 34.2 Å². The van der Waals surface area contributed by atoms with E-state index in [2.05, 4.69) is 154 Å². The SMILES string of the molecule is CC/C=C\C/C=C\C/C=C\C/C=C\C/C=C\CCCCCCCCCCCCCCCCCC(=O)OCC(O)COP(=O)(O)OCC(O)COP(=O)(O)OCC(COC(=O)CCCCC/C=C\C/C=C\C/C=C\C/C=C\C/C=C\CC)OC(=O)CCCCCCC/C=C\CCCCCC. The van der Waals surface area contributed by atoms with Gasteiger partial charge in [0.05, 0.1) is 26.4 Å². The maximum absolute atomic E-state index is 12.9. The first-order valence-corrected chi connectivity index (χ1v) is 41.5. The van der Waals surface area contributed by atoms with E-state index in [-0.39, 0.29) is 19.3 Å². The molecule has 0 aromatic heterocycles. The zero-order chi connectivity index (χ0) is 72.3. The first-order valence-electron chi connectivity index (χ1n) is 38.5. The molecule has 0 radical (unpaired) electrons.